The van der Waals surface area contributed by atoms with Crippen LogP contribution >= 0.6 is 0 Å². The van der Waals surface area contributed by atoms with Crippen molar-refractivity contribution in [1.82, 2.24) is 20.9 Å². The summed E-state index contributed by atoms with van der Waals surface area (Å²) in [5.41, 5.74) is -0.385. The number of carbonyl (C=O) groups excluding carboxylic acids is 4. The van der Waals surface area contributed by atoms with E-state index in [1.165, 1.54) is 0 Å². The molecule has 3 aliphatic rings. The number of hydrogen-bond donors (Lipinski definition) is 3. The van der Waals surface area contributed by atoms with Crippen molar-refractivity contribution in [3.8, 4) is 0 Å². The van der Waals surface area contributed by atoms with Crippen LogP contribution in [0.5, 0.6) is 0 Å². The second kappa shape index (κ2) is 14.0. The molecular formula is C29H42N4O7. The molecule has 1 saturated carbocycles. The molecule has 0 radical (unpaired) electrons. The van der Waals surface area contributed by atoms with Crippen LogP contribution in [-0.2, 0) is 34.4 Å². The van der Waals surface area contributed by atoms with Crippen molar-refractivity contribution in [2.75, 3.05) is 46.1 Å². The minimum Gasteiger partial charge on any atom is -0.378 e. The first kappa shape index (κ1) is 30.0. The molecule has 11 heteroatoms. The molecule has 1 aliphatic carbocycles. The largest absolute Gasteiger partial charge is 0.378 e. The van der Waals surface area contributed by atoms with Gasteiger partial charge in [0, 0.05) is 18.7 Å². The number of ether oxygens (including phenoxy) is 3. The highest BCUT2D eigenvalue weighted by atomic mass is 16.7. The Bertz CT molecular complexity index is 1020. The molecule has 2 heterocycles. The van der Waals surface area contributed by atoms with E-state index in [0.717, 1.165) is 31.2 Å². The van der Waals surface area contributed by atoms with Gasteiger partial charge in [0.1, 0.15) is 5.54 Å². The highest BCUT2D eigenvalue weighted by molar-refractivity contribution is 6.38. The molecule has 0 aromatic heterocycles. The molecule has 1 atom stereocenters. The first-order valence-electron chi connectivity index (χ1n) is 14.5. The van der Waals surface area contributed by atoms with E-state index in [4.69, 9.17) is 14.2 Å². The standard InChI is InChI=1S/C29H42N4O7/c1-2-3-12-23(24(34)25(35)30-21-29(39-19-20-40-29)22-10-6-4-7-11-22)31-26(36)28(13-8-5-9-14-28)32-27(37)33-15-17-38-18-16-33/h4,6-7,10-11,23H,2-3,5,8-9,12-21H2,1H3,(H,30,35)(H,31,36)(H,32,37). The monoisotopic (exact) mass is 558 g/mol. The first-order valence-corrected chi connectivity index (χ1v) is 14.5. The smallest absolute Gasteiger partial charge is 0.318 e. The number of rotatable bonds is 11. The summed E-state index contributed by atoms with van der Waals surface area (Å²) in [7, 11) is 0. The highest BCUT2D eigenvalue weighted by Crippen LogP contribution is 2.31. The lowest BCUT2D eigenvalue weighted by molar-refractivity contribution is -0.166. The number of morpholine rings is 1. The van der Waals surface area contributed by atoms with E-state index < -0.39 is 35.0 Å². The Balaban J connectivity index is 1.43. The fourth-order valence-electron chi connectivity index (χ4n) is 5.55. The molecule has 0 bridgehead atoms. The predicted molar refractivity (Wildman–Crippen MR) is 146 cm³/mol. The number of Topliss-reactive ketones (excluding diaryl/α,β-unsaturated/α-hetero) is 1. The maximum absolute atomic E-state index is 13.7. The molecule has 1 aromatic carbocycles. The summed E-state index contributed by atoms with van der Waals surface area (Å²) in [5, 5.41) is 8.52. The van der Waals surface area contributed by atoms with E-state index in [1.807, 2.05) is 37.3 Å². The zero-order valence-electron chi connectivity index (χ0n) is 23.4. The fraction of sp³-hybridized carbons (Fsp3) is 0.655. The summed E-state index contributed by atoms with van der Waals surface area (Å²) in [4.78, 5) is 54.9. The lowest BCUT2D eigenvalue weighted by atomic mass is 9.80. The third-order valence-electron chi connectivity index (χ3n) is 7.93. The summed E-state index contributed by atoms with van der Waals surface area (Å²) >= 11 is 0. The van der Waals surface area contributed by atoms with E-state index in [1.54, 1.807) is 4.90 Å². The SMILES string of the molecule is CCCCC(NC(=O)C1(NC(=O)N2CCOCC2)CCCCC1)C(=O)C(=O)NCC1(c2ccccc2)OCCO1. The number of nitrogens with zero attached hydrogens (tertiary/aromatic N) is 1. The number of amides is 4. The van der Waals surface area contributed by atoms with Gasteiger partial charge in [0.25, 0.3) is 5.91 Å². The van der Waals surface area contributed by atoms with Crippen molar-refractivity contribution in [1.29, 1.82) is 0 Å². The van der Waals surface area contributed by atoms with Crippen LogP contribution in [-0.4, -0.2) is 86.2 Å². The second-order valence-electron chi connectivity index (χ2n) is 10.7. The zero-order chi connectivity index (χ0) is 28.4. The van der Waals surface area contributed by atoms with Crippen LogP contribution in [0.2, 0.25) is 0 Å². The number of nitrogens with one attached hydrogen (secondary N) is 3. The molecule has 3 fully saturated rings. The number of carbonyl (C=O) groups is 4. The summed E-state index contributed by atoms with van der Waals surface area (Å²) < 4.78 is 17.1. The molecule has 4 amide bonds. The van der Waals surface area contributed by atoms with Crippen LogP contribution in [0.3, 0.4) is 0 Å². The van der Waals surface area contributed by atoms with Crippen molar-refractivity contribution >= 4 is 23.6 Å². The van der Waals surface area contributed by atoms with E-state index in [2.05, 4.69) is 16.0 Å². The summed E-state index contributed by atoms with van der Waals surface area (Å²) in [6.07, 6.45) is 5.25. The number of hydrogen-bond acceptors (Lipinski definition) is 7. The van der Waals surface area contributed by atoms with Gasteiger partial charge >= 0.3 is 6.03 Å². The van der Waals surface area contributed by atoms with Gasteiger partial charge in [-0.05, 0) is 19.3 Å². The van der Waals surface area contributed by atoms with Gasteiger partial charge in [0.2, 0.25) is 17.5 Å². The van der Waals surface area contributed by atoms with Crippen LogP contribution in [0.4, 0.5) is 4.79 Å². The third-order valence-corrected chi connectivity index (χ3v) is 7.93. The quantitative estimate of drug-likeness (QED) is 0.354. The molecule has 11 nitrogen and oxygen atoms in total. The van der Waals surface area contributed by atoms with Crippen LogP contribution in [0, 0.1) is 0 Å². The Hall–Kier alpha value is -3.02. The molecular weight excluding hydrogens is 516 g/mol. The van der Waals surface area contributed by atoms with Gasteiger partial charge in [-0.25, -0.2) is 4.79 Å². The normalized spacial score (nSPS) is 20.8. The Morgan fingerprint density at radius 1 is 0.950 bits per heavy atom. The summed E-state index contributed by atoms with van der Waals surface area (Å²) in [6.45, 7) is 4.49. The molecule has 1 aromatic rings. The maximum atomic E-state index is 13.7. The molecule has 40 heavy (non-hydrogen) atoms. The average molecular weight is 559 g/mol. The number of ketones is 1. The minimum atomic E-state index is -1.17. The number of urea groups is 1. The molecule has 3 N–H and O–H groups in total. The molecule has 4 rings (SSSR count). The van der Waals surface area contributed by atoms with Crippen molar-refractivity contribution < 1.29 is 33.4 Å². The van der Waals surface area contributed by atoms with Crippen LogP contribution in [0.15, 0.2) is 30.3 Å². The molecule has 2 saturated heterocycles. The van der Waals surface area contributed by atoms with E-state index >= 15 is 0 Å². The predicted octanol–water partition coefficient (Wildman–Crippen LogP) is 1.99. The van der Waals surface area contributed by atoms with Crippen molar-refractivity contribution in [3.05, 3.63) is 35.9 Å². The van der Waals surface area contributed by atoms with Gasteiger partial charge < -0.3 is 35.1 Å². The molecule has 1 unspecified atom stereocenters. The molecule has 220 valence electrons. The van der Waals surface area contributed by atoms with Gasteiger partial charge in [-0.1, -0.05) is 69.4 Å². The van der Waals surface area contributed by atoms with Crippen LogP contribution < -0.4 is 16.0 Å². The average Bonchev–Trinajstić information content (AvgIpc) is 3.49. The summed E-state index contributed by atoms with van der Waals surface area (Å²) in [5.74, 6) is -3.13. The van der Waals surface area contributed by atoms with Crippen LogP contribution in [0.25, 0.3) is 0 Å². The van der Waals surface area contributed by atoms with Gasteiger partial charge in [0.05, 0.1) is 39.0 Å². The summed E-state index contributed by atoms with van der Waals surface area (Å²) in [6, 6.07) is 7.95. The fourth-order valence-corrected chi connectivity index (χ4v) is 5.55. The maximum Gasteiger partial charge on any atom is 0.318 e. The third kappa shape index (κ3) is 7.18. The minimum absolute atomic E-state index is 0.0461. The molecule has 2 aliphatic heterocycles. The Labute approximate surface area is 235 Å². The van der Waals surface area contributed by atoms with Crippen molar-refractivity contribution in [2.24, 2.45) is 0 Å². The van der Waals surface area contributed by atoms with Gasteiger partial charge in [-0.15, -0.1) is 0 Å². The highest BCUT2D eigenvalue weighted by Gasteiger charge is 2.44. The van der Waals surface area contributed by atoms with Crippen LogP contribution in [0.1, 0.15) is 63.9 Å². The topological polar surface area (TPSA) is 135 Å². The van der Waals surface area contributed by atoms with E-state index in [0.29, 0.717) is 65.2 Å². The van der Waals surface area contributed by atoms with E-state index in [-0.39, 0.29) is 12.6 Å². The van der Waals surface area contributed by atoms with E-state index in [9.17, 15) is 19.2 Å². The Kier molecular flexibility index (Phi) is 10.5. The lowest BCUT2D eigenvalue weighted by Gasteiger charge is -2.39. The van der Waals surface area contributed by atoms with Crippen molar-refractivity contribution in [2.45, 2.75) is 75.7 Å². The lowest BCUT2D eigenvalue weighted by Crippen LogP contribution is -2.64. The second-order valence-corrected chi connectivity index (χ2v) is 10.7. The Morgan fingerprint density at radius 2 is 1.62 bits per heavy atom. The van der Waals surface area contributed by atoms with Gasteiger partial charge in [-0.3, -0.25) is 14.4 Å². The van der Waals surface area contributed by atoms with Gasteiger partial charge in [-0.2, -0.15) is 0 Å². The first-order chi connectivity index (χ1) is 19.4. The zero-order valence-corrected chi connectivity index (χ0v) is 23.4. The number of unbranched alkanes of at least 4 members (excludes halogenated alkanes) is 1. The number of benzene rings is 1. The van der Waals surface area contributed by atoms with Gasteiger partial charge in [0.15, 0.2) is 0 Å². The molecule has 0 spiro atoms. The Morgan fingerprint density at radius 3 is 2.27 bits per heavy atom. The van der Waals surface area contributed by atoms with Crippen molar-refractivity contribution in [3.63, 3.8) is 0 Å².